The number of nitrogens with one attached hydrogen (secondary N) is 1. The quantitative estimate of drug-likeness (QED) is 0.717. The van der Waals surface area contributed by atoms with E-state index in [0.29, 0.717) is 16.7 Å². The molecule has 0 radical (unpaired) electrons. The molecule has 1 aromatic heterocycles. The van der Waals surface area contributed by atoms with Gasteiger partial charge in [0.2, 0.25) is 0 Å². The van der Waals surface area contributed by atoms with Crippen molar-refractivity contribution >= 4 is 23.2 Å². The smallest absolute Gasteiger partial charge is 0.150 e. The Kier molecular flexibility index (Phi) is 5.88. The third-order valence-corrected chi connectivity index (χ3v) is 2.40. The lowest BCUT2D eigenvalue weighted by atomic mass is 10.3. The first kappa shape index (κ1) is 13.0. The fourth-order valence-electron chi connectivity index (χ4n) is 1.19. The number of hydrogen-bond donors (Lipinski definition) is 2. The zero-order chi connectivity index (χ0) is 11.8. The second-order valence-corrected chi connectivity index (χ2v) is 3.63. The Hall–Kier alpha value is -1.07. The van der Waals surface area contributed by atoms with E-state index in [2.05, 4.69) is 15.3 Å². The van der Waals surface area contributed by atoms with Gasteiger partial charge in [-0.15, -0.1) is 0 Å². The monoisotopic (exact) mass is 244 g/mol. The lowest BCUT2D eigenvalue weighted by Crippen LogP contribution is -2.07. The second-order valence-electron chi connectivity index (χ2n) is 3.25. The average molecular weight is 245 g/mol. The summed E-state index contributed by atoms with van der Waals surface area (Å²) in [7, 11) is 0. The molecular weight excluding hydrogens is 228 g/mol. The Morgan fingerprint density at radius 2 is 2.25 bits per heavy atom. The third-order valence-electron chi connectivity index (χ3n) is 2.03. The minimum absolute atomic E-state index is 0.300. The van der Waals surface area contributed by atoms with Crippen LogP contribution in [0.3, 0.4) is 0 Å². The standard InChI is InChI=1S/C10H17ClN4O/c1-2-16-6-4-3-5-13-10-8(11)9(12)14-7-15-10/h7H,2-6H2,1H3,(H3,12,13,14,15). The minimum Gasteiger partial charge on any atom is -0.382 e. The summed E-state index contributed by atoms with van der Waals surface area (Å²) in [6.45, 7) is 4.34. The molecule has 0 unspecified atom stereocenters. The molecule has 1 heterocycles. The van der Waals surface area contributed by atoms with Gasteiger partial charge in [-0.05, 0) is 19.8 Å². The maximum atomic E-state index is 5.92. The van der Waals surface area contributed by atoms with Gasteiger partial charge < -0.3 is 15.8 Å². The summed E-state index contributed by atoms with van der Waals surface area (Å²) >= 11 is 5.92. The molecular formula is C10H17ClN4O. The Bertz CT molecular complexity index is 322. The molecule has 0 aliphatic carbocycles. The normalized spacial score (nSPS) is 10.4. The number of halogens is 1. The van der Waals surface area contributed by atoms with Crippen molar-refractivity contribution in [2.45, 2.75) is 19.8 Å². The molecule has 90 valence electrons. The van der Waals surface area contributed by atoms with Crippen LogP contribution in [0, 0.1) is 0 Å². The lowest BCUT2D eigenvalue weighted by molar-refractivity contribution is 0.144. The van der Waals surface area contributed by atoms with E-state index < -0.39 is 0 Å². The summed E-state index contributed by atoms with van der Waals surface area (Å²) in [5, 5.41) is 3.49. The number of hydrogen-bond acceptors (Lipinski definition) is 5. The summed E-state index contributed by atoms with van der Waals surface area (Å²) in [6.07, 6.45) is 3.41. The third kappa shape index (κ3) is 4.20. The number of nitrogen functional groups attached to an aromatic ring is 1. The van der Waals surface area contributed by atoms with E-state index in [1.807, 2.05) is 6.92 Å². The molecule has 6 heteroatoms. The van der Waals surface area contributed by atoms with Crippen molar-refractivity contribution in [3.8, 4) is 0 Å². The maximum Gasteiger partial charge on any atom is 0.150 e. The minimum atomic E-state index is 0.300. The van der Waals surface area contributed by atoms with Crippen molar-refractivity contribution in [2.24, 2.45) is 0 Å². The number of anilines is 2. The molecule has 0 aliphatic heterocycles. The highest BCUT2D eigenvalue weighted by atomic mass is 35.5. The van der Waals surface area contributed by atoms with Crippen LogP contribution < -0.4 is 11.1 Å². The number of nitrogens with zero attached hydrogens (tertiary/aromatic N) is 2. The summed E-state index contributed by atoms with van der Waals surface area (Å²) in [4.78, 5) is 7.79. The van der Waals surface area contributed by atoms with Crippen LogP contribution in [0.5, 0.6) is 0 Å². The van der Waals surface area contributed by atoms with Crippen LogP contribution in [0.25, 0.3) is 0 Å². The van der Waals surface area contributed by atoms with Gasteiger partial charge in [-0.2, -0.15) is 0 Å². The number of rotatable bonds is 7. The molecule has 16 heavy (non-hydrogen) atoms. The molecule has 1 aromatic rings. The van der Waals surface area contributed by atoms with Crippen LogP contribution in [0.1, 0.15) is 19.8 Å². The van der Waals surface area contributed by atoms with Crippen LogP contribution in [-0.4, -0.2) is 29.7 Å². The number of nitrogens with two attached hydrogens (primary N) is 1. The summed E-state index contributed by atoms with van der Waals surface area (Å²) < 4.78 is 5.23. The molecule has 5 nitrogen and oxygen atoms in total. The highest BCUT2D eigenvalue weighted by Crippen LogP contribution is 2.22. The Balaban J connectivity index is 2.24. The van der Waals surface area contributed by atoms with Crippen molar-refractivity contribution in [3.63, 3.8) is 0 Å². The van der Waals surface area contributed by atoms with Crippen LogP contribution >= 0.6 is 11.6 Å². The van der Waals surface area contributed by atoms with Gasteiger partial charge in [0.05, 0.1) is 0 Å². The average Bonchev–Trinajstić information content (AvgIpc) is 2.29. The van der Waals surface area contributed by atoms with E-state index in [-0.39, 0.29) is 0 Å². The molecule has 1 rings (SSSR count). The number of ether oxygens (including phenoxy) is 1. The summed E-state index contributed by atoms with van der Waals surface area (Å²) in [6, 6.07) is 0. The maximum absolute atomic E-state index is 5.92. The molecule has 0 saturated heterocycles. The van der Waals surface area contributed by atoms with E-state index >= 15 is 0 Å². The van der Waals surface area contributed by atoms with Gasteiger partial charge in [-0.1, -0.05) is 11.6 Å². The van der Waals surface area contributed by atoms with E-state index in [1.165, 1.54) is 6.33 Å². The summed E-state index contributed by atoms with van der Waals surface area (Å²) in [5.74, 6) is 0.888. The van der Waals surface area contributed by atoms with Crippen LogP contribution in [0.15, 0.2) is 6.33 Å². The van der Waals surface area contributed by atoms with Gasteiger partial charge in [0.1, 0.15) is 23.0 Å². The molecule has 0 bridgehead atoms. The van der Waals surface area contributed by atoms with Gasteiger partial charge in [0.25, 0.3) is 0 Å². The highest BCUT2D eigenvalue weighted by molar-refractivity contribution is 6.35. The van der Waals surface area contributed by atoms with E-state index in [0.717, 1.165) is 32.6 Å². The van der Waals surface area contributed by atoms with E-state index in [4.69, 9.17) is 22.1 Å². The largest absolute Gasteiger partial charge is 0.382 e. The predicted molar refractivity (Wildman–Crippen MR) is 65.7 cm³/mol. The molecule has 0 atom stereocenters. The molecule has 0 aromatic carbocycles. The van der Waals surface area contributed by atoms with Crippen LogP contribution in [0.4, 0.5) is 11.6 Å². The van der Waals surface area contributed by atoms with Gasteiger partial charge in [0.15, 0.2) is 0 Å². The van der Waals surface area contributed by atoms with Crippen LogP contribution in [0.2, 0.25) is 5.02 Å². The summed E-state index contributed by atoms with van der Waals surface area (Å²) in [5.41, 5.74) is 5.55. The first-order valence-electron chi connectivity index (χ1n) is 5.33. The van der Waals surface area contributed by atoms with Crippen molar-refractivity contribution in [1.82, 2.24) is 9.97 Å². The molecule has 0 fully saturated rings. The van der Waals surface area contributed by atoms with E-state index in [1.54, 1.807) is 0 Å². The lowest BCUT2D eigenvalue weighted by Gasteiger charge is -2.07. The predicted octanol–water partition coefficient (Wildman–Crippen LogP) is 1.94. The topological polar surface area (TPSA) is 73.1 Å². The molecule has 0 saturated carbocycles. The zero-order valence-corrected chi connectivity index (χ0v) is 10.1. The molecule has 0 amide bonds. The first-order valence-corrected chi connectivity index (χ1v) is 5.71. The molecule has 3 N–H and O–H groups in total. The van der Waals surface area contributed by atoms with Gasteiger partial charge in [-0.25, -0.2) is 9.97 Å². The Morgan fingerprint density at radius 3 is 3.00 bits per heavy atom. The zero-order valence-electron chi connectivity index (χ0n) is 9.37. The van der Waals surface area contributed by atoms with Gasteiger partial charge >= 0.3 is 0 Å². The SMILES string of the molecule is CCOCCCCNc1ncnc(N)c1Cl. The Morgan fingerprint density at radius 1 is 1.44 bits per heavy atom. The number of unbranched alkanes of at least 4 members (excludes halogenated alkanes) is 1. The number of aromatic nitrogens is 2. The van der Waals surface area contributed by atoms with E-state index in [9.17, 15) is 0 Å². The molecule has 0 spiro atoms. The van der Waals surface area contributed by atoms with Crippen molar-refractivity contribution in [3.05, 3.63) is 11.3 Å². The first-order chi connectivity index (χ1) is 7.75. The fourth-order valence-corrected chi connectivity index (χ4v) is 1.35. The van der Waals surface area contributed by atoms with Gasteiger partial charge in [-0.3, -0.25) is 0 Å². The fraction of sp³-hybridized carbons (Fsp3) is 0.600. The van der Waals surface area contributed by atoms with Crippen LogP contribution in [-0.2, 0) is 4.74 Å². The highest BCUT2D eigenvalue weighted by Gasteiger charge is 2.04. The molecule has 0 aliphatic rings. The second kappa shape index (κ2) is 7.24. The van der Waals surface area contributed by atoms with Crippen molar-refractivity contribution in [1.29, 1.82) is 0 Å². The van der Waals surface area contributed by atoms with Gasteiger partial charge in [0, 0.05) is 19.8 Å². The Labute approximate surface area is 100 Å². The van der Waals surface area contributed by atoms with Crippen molar-refractivity contribution < 1.29 is 4.74 Å². The van der Waals surface area contributed by atoms with Crippen molar-refractivity contribution in [2.75, 3.05) is 30.8 Å².